The van der Waals surface area contributed by atoms with E-state index < -0.39 is 0 Å². The van der Waals surface area contributed by atoms with Crippen molar-refractivity contribution in [3.8, 4) is 0 Å². The second-order valence-corrected chi connectivity index (χ2v) is 5.91. The first-order chi connectivity index (χ1) is 9.78. The Labute approximate surface area is 122 Å². The number of nitrogens with zero attached hydrogens (tertiary/aromatic N) is 1. The van der Waals surface area contributed by atoms with E-state index in [1.54, 1.807) is 0 Å². The average molecular weight is 274 g/mol. The molecule has 1 saturated heterocycles. The standard InChI is InChI=1S/C17H26N2O/c1-19-12-9-15(10-13-19)4-2-3-11-18-17-7-5-16(14-20)6-8-17/h5-8,14-15,18H,2-4,9-13H2,1H3. The maximum atomic E-state index is 10.6. The number of aldehydes is 1. The first-order valence-corrected chi connectivity index (χ1v) is 7.75. The molecule has 3 heteroatoms. The van der Waals surface area contributed by atoms with Crippen LogP contribution in [0.15, 0.2) is 24.3 Å². The molecule has 0 spiro atoms. The highest BCUT2D eigenvalue weighted by Crippen LogP contribution is 2.21. The summed E-state index contributed by atoms with van der Waals surface area (Å²) in [6.45, 7) is 3.56. The van der Waals surface area contributed by atoms with E-state index in [-0.39, 0.29) is 0 Å². The van der Waals surface area contributed by atoms with Crippen molar-refractivity contribution in [2.75, 3.05) is 32.0 Å². The van der Waals surface area contributed by atoms with Crippen LogP contribution in [-0.4, -0.2) is 37.9 Å². The van der Waals surface area contributed by atoms with Crippen LogP contribution in [0.3, 0.4) is 0 Å². The predicted octanol–water partition coefficient (Wildman–Crippen LogP) is 3.42. The third-order valence-electron chi connectivity index (χ3n) is 4.25. The van der Waals surface area contributed by atoms with Gasteiger partial charge in [-0.1, -0.05) is 12.8 Å². The molecule has 110 valence electrons. The summed E-state index contributed by atoms with van der Waals surface area (Å²) in [4.78, 5) is 13.0. The van der Waals surface area contributed by atoms with Gasteiger partial charge in [0, 0.05) is 17.8 Å². The summed E-state index contributed by atoms with van der Waals surface area (Å²) in [5.41, 5.74) is 1.84. The zero-order valence-electron chi connectivity index (χ0n) is 12.5. The number of likely N-dealkylation sites (tertiary alicyclic amines) is 1. The molecule has 1 aromatic rings. The van der Waals surface area contributed by atoms with Crippen LogP contribution in [0.4, 0.5) is 5.69 Å². The highest BCUT2D eigenvalue weighted by atomic mass is 16.1. The smallest absolute Gasteiger partial charge is 0.150 e. The number of anilines is 1. The van der Waals surface area contributed by atoms with Gasteiger partial charge in [0.05, 0.1) is 0 Å². The van der Waals surface area contributed by atoms with Gasteiger partial charge < -0.3 is 10.2 Å². The molecular formula is C17H26N2O. The molecule has 1 aliphatic rings. The Hall–Kier alpha value is -1.35. The zero-order valence-corrected chi connectivity index (χ0v) is 12.5. The summed E-state index contributed by atoms with van der Waals surface area (Å²) in [7, 11) is 2.22. The van der Waals surface area contributed by atoms with Crippen LogP contribution in [0.2, 0.25) is 0 Å². The fourth-order valence-corrected chi connectivity index (χ4v) is 2.82. The molecule has 2 rings (SSSR count). The van der Waals surface area contributed by atoms with Crippen molar-refractivity contribution in [3.63, 3.8) is 0 Å². The Morgan fingerprint density at radius 3 is 2.55 bits per heavy atom. The molecular weight excluding hydrogens is 248 g/mol. The molecule has 3 nitrogen and oxygen atoms in total. The van der Waals surface area contributed by atoms with Gasteiger partial charge in [0.2, 0.25) is 0 Å². The van der Waals surface area contributed by atoms with Crippen LogP contribution < -0.4 is 5.32 Å². The molecule has 20 heavy (non-hydrogen) atoms. The minimum absolute atomic E-state index is 0.734. The lowest BCUT2D eigenvalue weighted by molar-refractivity contribution is 0.112. The Balaban J connectivity index is 1.56. The predicted molar refractivity (Wildman–Crippen MR) is 84.4 cm³/mol. The summed E-state index contributed by atoms with van der Waals surface area (Å²) < 4.78 is 0. The zero-order chi connectivity index (χ0) is 14.2. The number of piperidine rings is 1. The maximum Gasteiger partial charge on any atom is 0.150 e. The van der Waals surface area contributed by atoms with Gasteiger partial charge in [0.1, 0.15) is 6.29 Å². The molecule has 0 amide bonds. The third kappa shape index (κ3) is 4.97. The lowest BCUT2D eigenvalue weighted by Gasteiger charge is -2.28. The van der Waals surface area contributed by atoms with E-state index in [4.69, 9.17) is 0 Å². The maximum absolute atomic E-state index is 10.6. The number of carbonyl (C=O) groups excluding carboxylic acids is 1. The first-order valence-electron chi connectivity index (χ1n) is 7.75. The molecule has 0 saturated carbocycles. The van der Waals surface area contributed by atoms with Gasteiger partial charge in [-0.25, -0.2) is 0 Å². The minimum atomic E-state index is 0.734. The molecule has 1 N–H and O–H groups in total. The summed E-state index contributed by atoms with van der Waals surface area (Å²) in [6, 6.07) is 7.66. The van der Waals surface area contributed by atoms with E-state index in [1.165, 1.54) is 45.2 Å². The number of hydrogen-bond acceptors (Lipinski definition) is 3. The number of benzene rings is 1. The van der Waals surface area contributed by atoms with E-state index in [2.05, 4.69) is 17.3 Å². The van der Waals surface area contributed by atoms with E-state index in [9.17, 15) is 4.79 Å². The molecule has 0 radical (unpaired) electrons. The lowest BCUT2D eigenvalue weighted by Crippen LogP contribution is -2.30. The van der Waals surface area contributed by atoms with Gasteiger partial charge in [-0.05, 0) is 69.6 Å². The van der Waals surface area contributed by atoms with Gasteiger partial charge in [0.25, 0.3) is 0 Å². The monoisotopic (exact) mass is 274 g/mol. The normalized spacial score (nSPS) is 17.1. The van der Waals surface area contributed by atoms with Gasteiger partial charge >= 0.3 is 0 Å². The molecule has 1 heterocycles. The number of unbranched alkanes of at least 4 members (excludes halogenated alkanes) is 1. The number of carbonyl (C=O) groups is 1. The van der Waals surface area contributed by atoms with E-state index in [0.29, 0.717) is 0 Å². The van der Waals surface area contributed by atoms with Crippen LogP contribution in [0, 0.1) is 5.92 Å². The minimum Gasteiger partial charge on any atom is -0.385 e. The molecule has 1 aromatic carbocycles. The topological polar surface area (TPSA) is 32.3 Å². The van der Waals surface area contributed by atoms with Crippen molar-refractivity contribution in [2.45, 2.75) is 32.1 Å². The molecule has 0 aliphatic carbocycles. The van der Waals surface area contributed by atoms with Crippen molar-refractivity contribution in [2.24, 2.45) is 5.92 Å². The number of hydrogen-bond donors (Lipinski definition) is 1. The van der Waals surface area contributed by atoms with Crippen LogP contribution in [0.25, 0.3) is 0 Å². The molecule has 0 unspecified atom stereocenters. The van der Waals surface area contributed by atoms with Crippen molar-refractivity contribution in [1.82, 2.24) is 4.90 Å². The fraction of sp³-hybridized carbons (Fsp3) is 0.588. The summed E-state index contributed by atoms with van der Waals surface area (Å²) in [6.07, 6.45) is 7.54. The summed E-state index contributed by atoms with van der Waals surface area (Å²) in [5, 5.41) is 3.42. The average Bonchev–Trinajstić information content (AvgIpc) is 2.49. The lowest BCUT2D eigenvalue weighted by atomic mass is 9.92. The molecule has 0 atom stereocenters. The molecule has 1 aliphatic heterocycles. The second-order valence-electron chi connectivity index (χ2n) is 5.91. The molecule has 1 fully saturated rings. The Morgan fingerprint density at radius 1 is 1.20 bits per heavy atom. The third-order valence-corrected chi connectivity index (χ3v) is 4.25. The highest BCUT2D eigenvalue weighted by Gasteiger charge is 2.15. The van der Waals surface area contributed by atoms with Crippen LogP contribution in [0.5, 0.6) is 0 Å². The van der Waals surface area contributed by atoms with Crippen molar-refractivity contribution < 1.29 is 4.79 Å². The first kappa shape index (κ1) is 15.0. The largest absolute Gasteiger partial charge is 0.385 e. The van der Waals surface area contributed by atoms with Gasteiger partial charge in [-0.2, -0.15) is 0 Å². The van der Waals surface area contributed by atoms with Crippen LogP contribution in [-0.2, 0) is 0 Å². The second kappa shape index (κ2) is 8.05. The van der Waals surface area contributed by atoms with Crippen molar-refractivity contribution in [1.29, 1.82) is 0 Å². The van der Waals surface area contributed by atoms with E-state index >= 15 is 0 Å². The molecule has 0 bridgehead atoms. The summed E-state index contributed by atoms with van der Waals surface area (Å²) >= 11 is 0. The Morgan fingerprint density at radius 2 is 1.90 bits per heavy atom. The number of rotatable bonds is 7. The highest BCUT2D eigenvalue weighted by molar-refractivity contribution is 5.75. The molecule has 0 aromatic heterocycles. The van der Waals surface area contributed by atoms with Crippen molar-refractivity contribution in [3.05, 3.63) is 29.8 Å². The van der Waals surface area contributed by atoms with Crippen LogP contribution in [0.1, 0.15) is 42.5 Å². The van der Waals surface area contributed by atoms with Gasteiger partial charge in [-0.15, -0.1) is 0 Å². The van der Waals surface area contributed by atoms with E-state index in [1.807, 2.05) is 24.3 Å². The SMILES string of the molecule is CN1CCC(CCCCNc2ccc(C=O)cc2)CC1. The fourth-order valence-electron chi connectivity index (χ4n) is 2.82. The van der Waals surface area contributed by atoms with Gasteiger partial charge in [0.15, 0.2) is 0 Å². The van der Waals surface area contributed by atoms with E-state index in [0.717, 1.165) is 30.0 Å². The quantitative estimate of drug-likeness (QED) is 0.611. The number of nitrogens with one attached hydrogen (secondary N) is 1. The van der Waals surface area contributed by atoms with Crippen LogP contribution >= 0.6 is 0 Å². The van der Waals surface area contributed by atoms with Gasteiger partial charge in [-0.3, -0.25) is 4.79 Å². The summed E-state index contributed by atoms with van der Waals surface area (Å²) in [5.74, 6) is 0.943. The van der Waals surface area contributed by atoms with Crippen molar-refractivity contribution >= 4 is 12.0 Å². The Bertz CT molecular complexity index is 394. The Kier molecular flexibility index (Phi) is 6.06.